The minimum atomic E-state index is -3.71. The summed E-state index contributed by atoms with van der Waals surface area (Å²) in [6, 6.07) is 14.8. The zero-order valence-corrected chi connectivity index (χ0v) is 19.5. The van der Waals surface area contributed by atoms with Crippen LogP contribution in [0, 0.1) is 0 Å². The first kappa shape index (κ1) is 23.0. The lowest BCUT2D eigenvalue weighted by Gasteiger charge is -2.34. The summed E-state index contributed by atoms with van der Waals surface area (Å²) in [7, 11) is -3.71. The lowest BCUT2D eigenvalue weighted by atomic mass is 10.2. The second-order valence-corrected chi connectivity index (χ2v) is 10.5. The Morgan fingerprint density at radius 3 is 2.31 bits per heavy atom. The fraction of sp³-hybridized carbons (Fsp3) is 0.435. The Bertz CT molecular complexity index is 1030. The van der Waals surface area contributed by atoms with Gasteiger partial charge in [-0.25, -0.2) is 8.42 Å². The van der Waals surface area contributed by atoms with Crippen molar-refractivity contribution in [3.63, 3.8) is 0 Å². The van der Waals surface area contributed by atoms with Crippen molar-refractivity contribution in [2.75, 3.05) is 45.9 Å². The van der Waals surface area contributed by atoms with Crippen LogP contribution in [0.15, 0.2) is 53.4 Å². The van der Waals surface area contributed by atoms with Crippen molar-refractivity contribution in [3.8, 4) is 5.75 Å². The number of amides is 1. The van der Waals surface area contributed by atoms with Gasteiger partial charge >= 0.3 is 0 Å². The first-order valence-electron chi connectivity index (χ1n) is 10.9. The van der Waals surface area contributed by atoms with Gasteiger partial charge in [-0.15, -0.1) is 0 Å². The van der Waals surface area contributed by atoms with Crippen molar-refractivity contribution >= 4 is 27.5 Å². The van der Waals surface area contributed by atoms with Crippen LogP contribution in [0.2, 0.25) is 5.02 Å². The molecule has 0 aromatic heterocycles. The van der Waals surface area contributed by atoms with Gasteiger partial charge in [0.15, 0.2) is 6.61 Å². The summed E-state index contributed by atoms with van der Waals surface area (Å²) < 4.78 is 33.2. The van der Waals surface area contributed by atoms with Gasteiger partial charge < -0.3 is 9.64 Å². The van der Waals surface area contributed by atoms with Gasteiger partial charge in [0.05, 0.1) is 0 Å². The maximum Gasteiger partial charge on any atom is 0.260 e. The molecule has 7 nitrogen and oxygen atoms in total. The van der Waals surface area contributed by atoms with E-state index in [1.165, 1.54) is 22.0 Å². The average Bonchev–Trinajstić information content (AvgIpc) is 3.35. The monoisotopic (exact) mass is 477 g/mol. The van der Waals surface area contributed by atoms with Crippen molar-refractivity contribution in [3.05, 3.63) is 59.1 Å². The molecule has 0 atom stereocenters. The molecule has 0 unspecified atom stereocenters. The molecule has 32 heavy (non-hydrogen) atoms. The molecule has 2 aromatic rings. The molecular weight excluding hydrogens is 450 g/mol. The van der Waals surface area contributed by atoms with Crippen molar-refractivity contribution in [1.29, 1.82) is 0 Å². The van der Waals surface area contributed by atoms with Crippen LogP contribution in [0.25, 0.3) is 0 Å². The highest BCUT2D eigenvalue weighted by Crippen LogP contribution is 2.31. The average molecular weight is 478 g/mol. The minimum absolute atomic E-state index is 0.0207. The Balaban J connectivity index is 1.34. The van der Waals surface area contributed by atoms with Crippen LogP contribution < -0.4 is 4.74 Å². The normalized spacial score (nSPS) is 18.1. The fourth-order valence-corrected chi connectivity index (χ4v) is 6.01. The summed E-state index contributed by atoms with van der Waals surface area (Å²) in [5.74, 6) is 0.0150. The fourth-order valence-electron chi connectivity index (χ4n) is 4.10. The molecule has 2 aliphatic rings. The van der Waals surface area contributed by atoms with Gasteiger partial charge in [0.1, 0.15) is 10.6 Å². The van der Waals surface area contributed by atoms with Gasteiger partial charge in [-0.2, -0.15) is 4.31 Å². The number of halogens is 1. The van der Waals surface area contributed by atoms with Gasteiger partial charge in [0, 0.05) is 50.8 Å². The van der Waals surface area contributed by atoms with Gasteiger partial charge in [-0.1, -0.05) is 41.9 Å². The molecule has 2 fully saturated rings. The van der Waals surface area contributed by atoms with E-state index in [9.17, 15) is 13.2 Å². The van der Waals surface area contributed by atoms with E-state index in [0.29, 0.717) is 31.2 Å². The number of benzene rings is 2. The van der Waals surface area contributed by atoms with Gasteiger partial charge in [0.25, 0.3) is 5.91 Å². The summed E-state index contributed by atoms with van der Waals surface area (Å²) in [5.41, 5.74) is 1.25. The molecular formula is C23H28ClN3O4S. The van der Waals surface area contributed by atoms with Crippen LogP contribution >= 0.6 is 11.6 Å². The second-order valence-electron chi connectivity index (χ2n) is 8.13. The first-order valence-corrected chi connectivity index (χ1v) is 12.7. The number of nitrogens with zero attached hydrogens (tertiary/aromatic N) is 3. The molecule has 0 spiro atoms. The van der Waals surface area contributed by atoms with E-state index in [1.54, 1.807) is 11.0 Å². The van der Waals surface area contributed by atoms with Gasteiger partial charge in [-0.3, -0.25) is 9.69 Å². The van der Waals surface area contributed by atoms with Crippen LogP contribution in [0.1, 0.15) is 18.4 Å². The van der Waals surface area contributed by atoms with Crippen LogP contribution in [-0.2, 0) is 21.4 Å². The lowest BCUT2D eigenvalue weighted by molar-refractivity contribution is -0.135. The molecule has 9 heteroatoms. The smallest absolute Gasteiger partial charge is 0.260 e. The number of rotatable bonds is 7. The summed E-state index contributed by atoms with van der Waals surface area (Å²) in [6.45, 7) is 4.45. The van der Waals surface area contributed by atoms with Crippen LogP contribution in [-0.4, -0.2) is 74.3 Å². The van der Waals surface area contributed by atoms with Crippen LogP contribution in [0.4, 0.5) is 0 Å². The Hall–Kier alpha value is -2.13. The second kappa shape index (κ2) is 10.2. The molecule has 172 valence electrons. The Morgan fingerprint density at radius 2 is 1.62 bits per heavy atom. The molecule has 0 aliphatic carbocycles. The number of ether oxygens (including phenoxy) is 1. The first-order chi connectivity index (χ1) is 15.4. The number of carbonyl (C=O) groups excluding carboxylic acids is 1. The highest BCUT2D eigenvalue weighted by molar-refractivity contribution is 7.89. The summed E-state index contributed by atoms with van der Waals surface area (Å²) >= 11 is 6.07. The number of sulfonamides is 1. The largest absolute Gasteiger partial charge is 0.482 e. The maximum absolute atomic E-state index is 13.0. The van der Waals surface area contributed by atoms with Crippen molar-refractivity contribution in [2.45, 2.75) is 24.3 Å². The Labute approximate surface area is 194 Å². The lowest BCUT2D eigenvalue weighted by Crippen LogP contribution is -2.49. The van der Waals surface area contributed by atoms with Crippen molar-refractivity contribution in [1.82, 2.24) is 14.1 Å². The molecule has 1 amide bonds. The van der Waals surface area contributed by atoms with E-state index in [1.807, 2.05) is 18.2 Å². The van der Waals surface area contributed by atoms with Crippen LogP contribution in [0.3, 0.4) is 0 Å². The number of piperazine rings is 1. The van der Waals surface area contributed by atoms with Crippen molar-refractivity contribution < 1.29 is 17.9 Å². The third-order valence-corrected chi connectivity index (χ3v) is 8.07. The van der Waals surface area contributed by atoms with E-state index in [4.69, 9.17) is 16.3 Å². The SMILES string of the molecule is O=C(COc1ccc(Cl)cc1S(=O)(=O)N1CCCC1)N1CCN(Cc2ccccc2)CC1. The molecule has 0 N–H and O–H groups in total. The third-order valence-electron chi connectivity index (χ3n) is 5.91. The van der Waals surface area contributed by atoms with Crippen LogP contribution in [0.5, 0.6) is 5.75 Å². The predicted molar refractivity (Wildman–Crippen MR) is 123 cm³/mol. The van der Waals surface area contributed by atoms with E-state index in [0.717, 1.165) is 32.5 Å². The Kier molecular flexibility index (Phi) is 7.35. The van der Waals surface area contributed by atoms with E-state index in [2.05, 4.69) is 17.0 Å². The highest BCUT2D eigenvalue weighted by atomic mass is 35.5. The topological polar surface area (TPSA) is 70.2 Å². The van der Waals surface area contributed by atoms with E-state index < -0.39 is 10.0 Å². The van der Waals surface area contributed by atoms with E-state index in [-0.39, 0.29) is 23.2 Å². The highest BCUT2D eigenvalue weighted by Gasteiger charge is 2.31. The standard InChI is InChI=1S/C23H28ClN3O4S/c24-20-8-9-21(22(16-20)32(29,30)27-10-4-5-11-27)31-18-23(28)26-14-12-25(13-15-26)17-19-6-2-1-3-7-19/h1-3,6-9,16H,4-5,10-15,17-18H2. The summed E-state index contributed by atoms with van der Waals surface area (Å²) in [4.78, 5) is 16.8. The Morgan fingerprint density at radius 1 is 0.938 bits per heavy atom. The zero-order valence-electron chi connectivity index (χ0n) is 18.0. The molecule has 2 aliphatic heterocycles. The number of carbonyl (C=O) groups is 1. The number of hydrogen-bond donors (Lipinski definition) is 0. The molecule has 0 saturated carbocycles. The zero-order chi connectivity index (χ0) is 22.6. The van der Waals surface area contributed by atoms with Gasteiger partial charge in [-0.05, 0) is 36.6 Å². The molecule has 0 bridgehead atoms. The minimum Gasteiger partial charge on any atom is -0.482 e. The molecule has 2 saturated heterocycles. The molecule has 4 rings (SSSR count). The molecule has 2 aromatic carbocycles. The van der Waals surface area contributed by atoms with Crippen molar-refractivity contribution in [2.24, 2.45) is 0 Å². The predicted octanol–water partition coefficient (Wildman–Crippen LogP) is 2.85. The third kappa shape index (κ3) is 5.43. The van der Waals surface area contributed by atoms with E-state index >= 15 is 0 Å². The summed E-state index contributed by atoms with van der Waals surface area (Å²) in [5, 5.41) is 0.316. The van der Waals surface area contributed by atoms with Gasteiger partial charge in [0.2, 0.25) is 10.0 Å². The molecule has 2 heterocycles. The maximum atomic E-state index is 13.0. The quantitative estimate of drug-likeness (QED) is 0.613. The molecule has 0 radical (unpaired) electrons. The number of hydrogen-bond acceptors (Lipinski definition) is 5. The summed E-state index contributed by atoms with van der Waals surface area (Å²) in [6.07, 6.45) is 1.68.